The van der Waals surface area contributed by atoms with Gasteiger partial charge in [0.25, 0.3) is 0 Å². The average molecular weight is 376 g/mol. The Labute approximate surface area is 157 Å². The van der Waals surface area contributed by atoms with E-state index in [1.807, 2.05) is 13.0 Å². The van der Waals surface area contributed by atoms with E-state index in [4.69, 9.17) is 0 Å². The zero-order valence-electron chi connectivity index (χ0n) is 15.3. The molecular formula is C20H23F3N4. The Morgan fingerprint density at radius 2 is 1.93 bits per heavy atom. The van der Waals surface area contributed by atoms with Crippen molar-refractivity contribution in [1.82, 2.24) is 14.9 Å². The van der Waals surface area contributed by atoms with Crippen LogP contribution < -0.4 is 4.90 Å². The molecule has 1 aromatic heterocycles. The van der Waals surface area contributed by atoms with E-state index >= 15 is 0 Å². The number of hydrogen-bond donors (Lipinski definition) is 0. The van der Waals surface area contributed by atoms with Gasteiger partial charge in [-0.2, -0.15) is 13.2 Å². The van der Waals surface area contributed by atoms with Gasteiger partial charge in [-0.25, -0.2) is 9.97 Å². The molecule has 0 amide bonds. The molecule has 27 heavy (non-hydrogen) atoms. The van der Waals surface area contributed by atoms with Gasteiger partial charge in [0.15, 0.2) is 0 Å². The lowest BCUT2D eigenvalue weighted by atomic mass is 9.92. The molecule has 0 saturated carbocycles. The Hall–Kier alpha value is -2.15. The number of hydrogen-bond acceptors (Lipinski definition) is 4. The first-order valence-corrected chi connectivity index (χ1v) is 9.34. The summed E-state index contributed by atoms with van der Waals surface area (Å²) in [7, 11) is 0. The number of aryl methyl sites for hydroxylation is 1. The quantitative estimate of drug-likeness (QED) is 0.813. The van der Waals surface area contributed by atoms with Crippen LogP contribution in [0.3, 0.4) is 0 Å². The van der Waals surface area contributed by atoms with Gasteiger partial charge in [0.05, 0.1) is 5.56 Å². The molecule has 0 radical (unpaired) electrons. The van der Waals surface area contributed by atoms with Gasteiger partial charge >= 0.3 is 6.18 Å². The zero-order chi connectivity index (χ0) is 19.0. The molecule has 0 aliphatic carbocycles. The largest absolute Gasteiger partial charge is 0.416 e. The van der Waals surface area contributed by atoms with Crippen LogP contribution in [-0.2, 0) is 12.7 Å². The van der Waals surface area contributed by atoms with E-state index in [2.05, 4.69) is 19.8 Å². The second-order valence-corrected chi connectivity index (χ2v) is 7.54. The average Bonchev–Trinajstić information content (AvgIpc) is 3.03. The molecule has 2 saturated heterocycles. The van der Waals surface area contributed by atoms with Crippen molar-refractivity contribution in [3.63, 3.8) is 0 Å². The molecule has 144 valence electrons. The second kappa shape index (κ2) is 7.11. The summed E-state index contributed by atoms with van der Waals surface area (Å²) in [4.78, 5) is 13.2. The van der Waals surface area contributed by atoms with Gasteiger partial charge < -0.3 is 4.90 Å². The summed E-state index contributed by atoms with van der Waals surface area (Å²) in [5.74, 6) is 1.54. The highest BCUT2D eigenvalue weighted by atomic mass is 19.4. The van der Waals surface area contributed by atoms with Crippen molar-refractivity contribution in [3.8, 4) is 0 Å². The molecule has 0 spiro atoms. The summed E-state index contributed by atoms with van der Waals surface area (Å²) < 4.78 is 39.0. The van der Waals surface area contributed by atoms with E-state index in [1.165, 1.54) is 12.1 Å². The standard InChI is InChI=1S/C20H23F3N4/c1-14-9-19(25-13-24-14)27-8-6-16-5-7-26(18(16)12-27)11-15-3-2-4-17(10-15)20(21,22)23/h2-4,9-10,13,16,18H,5-8,11-12H2,1H3. The fourth-order valence-corrected chi connectivity index (χ4v) is 4.33. The third-order valence-electron chi connectivity index (χ3n) is 5.73. The number of benzene rings is 1. The van der Waals surface area contributed by atoms with Crippen molar-refractivity contribution in [2.24, 2.45) is 5.92 Å². The van der Waals surface area contributed by atoms with Crippen molar-refractivity contribution in [2.75, 3.05) is 24.5 Å². The van der Waals surface area contributed by atoms with Crippen LogP contribution in [0.5, 0.6) is 0 Å². The number of nitrogens with zero attached hydrogens (tertiary/aromatic N) is 4. The van der Waals surface area contributed by atoms with Crippen molar-refractivity contribution >= 4 is 5.82 Å². The van der Waals surface area contributed by atoms with Crippen LogP contribution in [0.2, 0.25) is 0 Å². The lowest BCUT2D eigenvalue weighted by Crippen LogP contribution is -2.48. The van der Waals surface area contributed by atoms with Crippen molar-refractivity contribution in [2.45, 2.75) is 38.5 Å². The first-order valence-electron chi connectivity index (χ1n) is 9.34. The van der Waals surface area contributed by atoms with E-state index in [1.54, 1.807) is 12.4 Å². The number of anilines is 1. The Kier molecular flexibility index (Phi) is 4.80. The minimum Gasteiger partial charge on any atom is -0.355 e. The minimum absolute atomic E-state index is 0.351. The summed E-state index contributed by atoms with van der Waals surface area (Å²) in [6.45, 7) is 5.27. The highest BCUT2D eigenvalue weighted by Crippen LogP contribution is 2.35. The van der Waals surface area contributed by atoms with Gasteiger partial charge in [0, 0.05) is 37.4 Å². The number of rotatable bonds is 3. The molecule has 0 bridgehead atoms. The van der Waals surface area contributed by atoms with Crippen molar-refractivity contribution < 1.29 is 13.2 Å². The van der Waals surface area contributed by atoms with Gasteiger partial charge in [0.1, 0.15) is 12.1 Å². The van der Waals surface area contributed by atoms with E-state index in [-0.39, 0.29) is 0 Å². The van der Waals surface area contributed by atoms with Crippen LogP contribution in [0.4, 0.5) is 19.0 Å². The maximum absolute atomic E-state index is 13.0. The molecule has 2 fully saturated rings. The summed E-state index contributed by atoms with van der Waals surface area (Å²) in [6.07, 6.45) is -0.505. The number of piperidine rings is 1. The Balaban J connectivity index is 1.49. The monoisotopic (exact) mass is 376 g/mol. The molecule has 2 unspecified atom stereocenters. The molecule has 2 aliphatic heterocycles. The fourth-order valence-electron chi connectivity index (χ4n) is 4.33. The van der Waals surface area contributed by atoms with Crippen LogP contribution in [0.1, 0.15) is 29.7 Å². The van der Waals surface area contributed by atoms with Crippen molar-refractivity contribution in [1.29, 1.82) is 0 Å². The highest BCUT2D eigenvalue weighted by molar-refractivity contribution is 5.40. The SMILES string of the molecule is Cc1cc(N2CCC3CCN(Cc4cccc(C(F)(F)F)c4)C3C2)ncn1. The van der Waals surface area contributed by atoms with Gasteiger partial charge in [-0.15, -0.1) is 0 Å². The van der Waals surface area contributed by atoms with E-state index < -0.39 is 11.7 Å². The zero-order valence-corrected chi connectivity index (χ0v) is 15.3. The topological polar surface area (TPSA) is 32.3 Å². The predicted octanol–water partition coefficient (Wildman–Crippen LogP) is 3.90. The maximum atomic E-state index is 13.0. The lowest BCUT2D eigenvalue weighted by Gasteiger charge is -2.39. The number of aromatic nitrogens is 2. The number of fused-ring (bicyclic) bond motifs is 1. The Morgan fingerprint density at radius 3 is 2.70 bits per heavy atom. The summed E-state index contributed by atoms with van der Waals surface area (Å²) in [6, 6.07) is 8.05. The van der Waals surface area contributed by atoms with Gasteiger partial charge in [0.2, 0.25) is 0 Å². The van der Waals surface area contributed by atoms with Crippen LogP contribution in [0, 0.1) is 12.8 Å². The molecule has 2 atom stereocenters. The molecule has 4 rings (SSSR count). The number of likely N-dealkylation sites (tertiary alicyclic amines) is 1. The number of halogens is 3. The first kappa shape index (κ1) is 18.2. The summed E-state index contributed by atoms with van der Waals surface area (Å²) in [5.41, 5.74) is 1.09. The van der Waals surface area contributed by atoms with Gasteiger partial charge in [-0.05, 0) is 43.9 Å². The molecule has 2 aliphatic rings. The van der Waals surface area contributed by atoms with Crippen LogP contribution in [0.25, 0.3) is 0 Å². The molecule has 7 heteroatoms. The molecule has 2 aromatic rings. The smallest absolute Gasteiger partial charge is 0.355 e. The van der Waals surface area contributed by atoms with Crippen LogP contribution in [0.15, 0.2) is 36.7 Å². The molecular weight excluding hydrogens is 353 g/mol. The predicted molar refractivity (Wildman–Crippen MR) is 97.3 cm³/mol. The highest BCUT2D eigenvalue weighted by Gasteiger charge is 2.39. The lowest BCUT2D eigenvalue weighted by molar-refractivity contribution is -0.137. The van der Waals surface area contributed by atoms with Crippen LogP contribution in [-0.4, -0.2) is 40.5 Å². The van der Waals surface area contributed by atoms with E-state index in [9.17, 15) is 13.2 Å². The second-order valence-electron chi connectivity index (χ2n) is 7.54. The summed E-state index contributed by atoms with van der Waals surface area (Å²) >= 11 is 0. The molecule has 0 N–H and O–H groups in total. The molecule has 4 nitrogen and oxygen atoms in total. The molecule has 1 aromatic carbocycles. The van der Waals surface area contributed by atoms with Crippen molar-refractivity contribution in [3.05, 3.63) is 53.5 Å². The minimum atomic E-state index is -4.30. The normalized spacial score (nSPS) is 23.5. The third kappa shape index (κ3) is 3.93. The van der Waals surface area contributed by atoms with E-state index in [0.717, 1.165) is 55.6 Å². The third-order valence-corrected chi connectivity index (χ3v) is 5.73. The van der Waals surface area contributed by atoms with Gasteiger partial charge in [-0.1, -0.05) is 18.2 Å². The number of alkyl halides is 3. The summed E-state index contributed by atoms with van der Waals surface area (Å²) in [5, 5.41) is 0. The molecule has 3 heterocycles. The van der Waals surface area contributed by atoms with Crippen LogP contribution >= 0.6 is 0 Å². The Morgan fingerprint density at radius 1 is 1.11 bits per heavy atom. The Bertz CT molecular complexity index is 808. The first-order chi connectivity index (χ1) is 12.9. The van der Waals surface area contributed by atoms with E-state index in [0.29, 0.717) is 18.5 Å². The maximum Gasteiger partial charge on any atom is 0.416 e. The fraction of sp³-hybridized carbons (Fsp3) is 0.500. The van der Waals surface area contributed by atoms with Gasteiger partial charge in [-0.3, -0.25) is 4.90 Å².